The lowest BCUT2D eigenvalue weighted by Crippen LogP contribution is -2.20. The van der Waals surface area contributed by atoms with Gasteiger partial charge >= 0.3 is 5.97 Å². The van der Waals surface area contributed by atoms with Crippen LogP contribution in [0.25, 0.3) is 0 Å². The molecule has 0 atom stereocenters. The van der Waals surface area contributed by atoms with Gasteiger partial charge in [0.05, 0.1) is 17.1 Å². The van der Waals surface area contributed by atoms with Crippen LogP contribution in [0.1, 0.15) is 46.8 Å². The molecule has 0 aliphatic carbocycles. The van der Waals surface area contributed by atoms with Gasteiger partial charge in [0.1, 0.15) is 5.75 Å². The van der Waals surface area contributed by atoms with Crippen LogP contribution in [-0.4, -0.2) is 33.5 Å². The molecule has 37 heavy (non-hydrogen) atoms. The Kier molecular flexibility index (Phi) is 9.30. The maximum Gasteiger partial charge on any atom is 0.338 e. The monoisotopic (exact) mass is 524 g/mol. The Morgan fingerprint density at radius 2 is 1.54 bits per heavy atom. The van der Waals surface area contributed by atoms with Crippen molar-refractivity contribution < 1.29 is 27.5 Å². The SMILES string of the molecule is CCCCOC(=O)c1ccc(NC(=O)COc2ccc(S(=O)(=O)Nc3ccc(C)c(C)c3)cc2C)cc1. The fraction of sp³-hybridized carbons (Fsp3) is 0.286. The summed E-state index contributed by atoms with van der Waals surface area (Å²) in [6, 6.07) is 16.2. The van der Waals surface area contributed by atoms with E-state index in [2.05, 4.69) is 10.0 Å². The fourth-order valence-electron chi connectivity index (χ4n) is 3.39. The summed E-state index contributed by atoms with van der Waals surface area (Å²) < 4.78 is 39.0. The topological polar surface area (TPSA) is 111 Å². The minimum Gasteiger partial charge on any atom is -0.483 e. The molecular formula is C28H32N2O6S. The number of aryl methyl sites for hydroxylation is 3. The summed E-state index contributed by atoms with van der Waals surface area (Å²) in [7, 11) is -3.79. The maximum atomic E-state index is 12.8. The lowest BCUT2D eigenvalue weighted by Gasteiger charge is -2.13. The van der Waals surface area contributed by atoms with Crippen LogP contribution in [0.5, 0.6) is 5.75 Å². The van der Waals surface area contributed by atoms with Crippen LogP contribution in [-0.2, 0) is 19.6 Å². The molecule has 0 aromatic heterocycles. The molecule has 9 heteroatoms. The predicted octanol–water partition coefficient (Wildman–Crippen LogP) is 5.39. The number of hydrogen-bond donors (Lipinski definition) is 2. The number of hydrogen-bond acceptors (Lipinski definition) is 6. The Hall–Kier alpha value is -3.85. The Morgan fingerprint density at radius 3 is 2.19 bits per heavy atom. The highest BCUT2D eigenvalue weighted by molar-refractivity contribution is 7.92. The molecule has 0 spiro atoms. The van der Waals surface area contributed by atoms with E-state index in [1.54, 1.807) is 43.3 Å². The number of rotatable bonds is 11. The van der Waals surface area contributed by atoms with E-state index in [4.69, 9.17) is 9.47 Å². The average Bonchev–Trinajstić information content (AvgIpc) is 2.86. The number of carbonyl (C=O) groups excluding carboxylic acids is 2. The largest absolute Gasteiger partial charge is 0.483 e. The number of anilines is 2. The van der Waals surface area contributed by atoms with E-state index in [0.29, 0.717) is 34.9 Å². The summed E-state index contributed by atoms with van der Waals surface area (Å²) >= 11 is 0. The summed E-state index contributed by atoms with van der Waals surface area (Å²) in [4.78, 5) is 24.4. The summed E-state index contributed by atoms with van der Waals surface area (Å²) in [6.45, 7) is 7.71. The molecule has 196 valence electrons. The van der Waals surface area contributed by atoms with Crippen molar-refractivity contribution >= 4 is 33.3 Å². The molecule has 0 aliphatic rings. The highest BCUT2D eigenvalue weighted by Gasteiger charge is 2.17. The molecule has 0 heterocycles. The Balaban J connectivity index is 1.56. The van der Waals surface area contributed by atoms with Gasteiger partial charge in [0.15, 0.2) is 6.61 Å². The Morgan fingerprint density at radius 1 is 0.838 bits per heavy atom. The molecule has 0 saturated carbocycles. The first-order valence-corrected chi connectivity index (χ1v) is 13.5. The van der Waals surface area contributed by atoms with Crippen molar-refractivity contribution in [3.05, 3.63) is 82.9 Å². The van der Waals surface area contributed by atoms with Crippen molar-refractivity contribution in [3.8, 4) is 5.75 Å². The molecule has 0 saturated heterocycles. The van der Waals surface area contributed by atoms with Crippen molar-refractivity contribution in [2.24, 2.45) is 0 Å². The zero-order chi connectivity index (χ0) is 27.0. The highest BCUT2D eigenvalue weighted by Crippen LogP contribution is 2.24. The first-order chi connectivity index (χ1) is 17.6. The third kappa shape index (κ3) is 7.82. The Labute approximate surface area is 218 Å². The number of unbranched alkanes of at least 4 members (excludes halogenated alkanes) is 1. The molecule has 0 radical (unpaired) electrons. The van der Waals surface area contributed by atoms with Gasteiger partial charge in [-0.05, 0) is 98.5 Å². The molecule has 0 bridgehead atoms. The van der Waals surface area contributed by atoms with Crippen LogP contribution in [0.3, 0.4) is 0 Å². The van der Waals surface area contributed by atoms with E-state index in [1.807, 2.05) is 26.8 Å². The minimum atomic E-state index is -3.79. The molecule has 8 nitrogen and oxygen atoms in total. The molecule has 1 amide bonds. The predicted molar refractivity (Wildman–Crippen MR) is 144 cm³/mol. The second-order valence-corrected chi connectivity index (χ2v) is 10.4. The van der Waals surface area contributed by atoms with E-state index in [1.165, 1.54) is 18.2 Å². The fourth-order valence-corrected chi connectivity index (χ4v) is 4.53. The van der Waals surface area contributed by atoms with Crippen molar-refractivity contribution in [1.29, 1.82) is 0 Å². The third-order valence-corrected chi connectivity index (χ3v) is 7.09. The first kappa shape index (κ1) is 27.7. The molecule has 2 N–H and O–H groups in total. The van der Waals surface area contributed by atoms with Crippen molar-refractivity contribution in [2.45, 2.75) is 45.4 Å². The summed E-state index contributed by atoms with van der Waals surface area (Å²) in [5.41, 5.74) is 4.03. The number of sulfonamides is 1. The van der Waals surface area contributed by atoms with Crippen LogP contribution >= 0.6 is 0 Å². The molecule has 0 fully saturated rings. The van der Waals surface area contributed by atoms with Crippen molar-refractivity contribution in [3.63, 3.8) is 0 Å². The second kappa shape index (κ2) is 12.4. The van der Waals surface area contributed by atoms with Crippen LogP contribution in [0.4, 0.5) is 11.4 Å². The normalized spacial score (nSPS) is 11.0. The van der Waals surface area contributed by atoms with Gasteiger partial charge in [-0.3, -0.25) is 9.52 Å². The quantitative estimate of drug-likeness (QED) is 0.257. The standard InChI is InChI=1S/C28H32N2O6S/c1-5-6-15-35-28(32)22-8-11-23(12-9-22)29-27(31)18-36-26-14-13-25(17-21(26)4)37(33,34)30-24-10-7-19(2)20(3)16-24/h7-14,16-17,30H,5-6,15,18H2,1-4H3,(H,29,31). The molecular weight excluding hydrogens is 492 g/mol. The second-order valence-electron chi connectivity index (χ2n) is 8.74. The van der Waals surface area contributed by atoms with Crippen molar-refractivity contribution in [2.75, 3.05) is 23.3 Å². The molecule has 0 unspecified atom stereocenters. The van der Waals surface area contributed by atoms with E-state index in [0.717, 1.165) is 24.0 Å². The number of nitrogens with one attached hydrogen (secondary N) is 2. The molecule has 3 rings (SSSR count). The van der Waals surface area contributed by atoms with Crippen LogP contribution in [0.15, 0.2) is 65.6 Å². The van der Waals surface area contributed by atoms with Gasteiger partial charge in [-0.2, -0.15) is 0 Å². The number of esters is 1. The van der Waals surface area contributed by atoms with Gasteiger partial charge in [-0.1, -0.05) is 19.4 Å². The van der Waals surface area contributed by atoms with E-state index >= 15 is 0 Å². The number of carbonyl (C=O) groups is 2. The van der Waals surface area contributed by atoms with E-state index < -0.39 is 21.9 Å². The van der Waals surface area contributed by atoms with E-state index in [-0.39, 0.29) is 11.5 Å². The maximum absolute atomic E-state index is 12.8. The van der Waals surface area contributed by atoms with Gasteiger partial charge in [0.25, 0.3) is 15.9 Å². The third-order valence-electron chi connectivity index (χ3n) is 5.71. The zero-order valence-corrected chi connectivity index (χ0v) is 22.3. The van der Waals surface area contributed by atoms with Gasteiger partial charge < -0.3 is 14.8 Å². The number of ether oxygens (including phenoxy) is 2. The summed E-state index contributed by atoms with van der Waals surface area (Å²) in [5.74, 6) is -0.406. The molecule has 3 aromatic carbocycles. The molecule has 0 aliphatic heterocycles. The van der Waals surface area contributed by atoms with Crippen molar-refractivity contribution in [1.82, 2.24) is 0 Å². The van der Waals surface area contributed by atoms with Gasteiger partial charge in [0, 0.05) is 11.4 Å². The lowest BCUT2D eigenvalue weighted by atomic mass is 10.1. The van der Waals surface area contributed by atoms with Crippen LogP contribution < -0.4 is 14.8 Å². The lowest BCUT2D eigenvalue weighted by molar-refractivity contribution is -0.118. The number of amides is 1. The van der Waals surface area contributed by atoms with Crippen LogP contribution in [0, 0.1) is 20.8 Å². The highest BCUT2D eigenvalue weighted by atomic mass is 32.2. The summed E-state index contributed by atoms with van der Waals surface area (Å²) in [6.07, 6.45) is 1.75. The van der Waals surface area contributed by atoms with Gasteiger partial charge in [-0.25, -0.2) is 13.2 Å². The van der Waals surface area contributed by atoms with Gasteiger partial charge in [-0.15, -0.1) is 0 Å². The van der Waals surface area contributed by atoms with E-state index in [9.17, 15) is 18.0 Å². The van der Waals surface area contributed by atoms with Gasteiger partial charge in [0.2, 0.25) is 0 Å². The zero-order valence-electron chi connectivity index (χ0n) is 21.5. The summed E-state index contributed by atoms with van der Waals surface area (Å²) in [5, 5.41) is 2.70. The molecule has 3 aromatic rings. The van der Waals surface area contributed by atoms with Crippen LogP contribution in [0.2, 0.25) is 0 Å². The minimum absolute atomic E-state index is 0.0911. The Bertz CT molecular complexity index is 1370. The first-order valence-electron chi connectivity index (χ1n) is 12.0. The smallest absolute Gasteiger partial charge is 0.338 e. The average molecular weight is 525 g/mol. The number of benzene rings is 3.